The quantitative estimate of drug-likeness (QED) is 0.774. The second kappa shape index (κ2) is 6.22. The van der Waals surface area contributed by atoms with Gasteiger partial charge < -0.3 is 14.5 Å². The molecule has 0 aromatic carbocycles. The van der Waals surface area contributed by atoms with E-state index in [4.69, 9.17) is 9.15 Å². The minimum absolute atomic E-state index is 0.330. The SMILES string of the molecule is CNCc1cc(COCCC(C)(C)C)oc1C. The van der Waals surface area contributed by atoms with Crippen LogP contribution in [0, 0.1) is 12.3 Å². The van der Waals surface area contributed by atoms with Crippen LogP contribution in [0.4, 0.5) is 0 Å². The molecule has 0 spiro atoms. The van der Waals surface area contributed by atoms with Crippen LogP contribution in [-0.4, -0.2) is 13.7 Å². The number of ether oxygens (including phenoxy) is 1. The van der Waals surface area contributed by atoms with Crippen molar-refractivity contribution in [3.8, 4) is 0 Å². The Labute approximate surface area is 105 Å². The van der Waals surface area contributed by atoms with Gasteiger partial charge in [-0.25, -0.2) is 0 Å². The molecule has 0 unspecified atom stereocenters. The Balaban J connectivity index is 2.34. The number of aryl methyl sites for hydroxylation is 1. The molecule has 0 radical (unpaired) electrons. The fourth-order valence-electron chi connectivity index (χ4n) is 1.58. The molecule has 0 fully saturated rings. The molecule has 0 saturated carbocycles. The van der Waals surface area contributed by atoms with Crippen molar-refractivity contribution in [3.05, 3.63) is 23.2 Å². The predicted octanol–water partition coefficient (Wildman–Crippen LogP) is 3.26. The number of furan rings is 1. The first-order valence-corrected chi connectivity index (χ1v) is 6.23. The minimum atomic E-state index is 0.330. The molecule has 3 heteroatoms. The van der Waals surface area contributed by atoms with Gasteiger partial charge in [-0.3, -0.25) is 0 Å². The first-order valence-electron chi connectivity index (χ1n) is 6.23. The van der Waals surface area contributed by atoms with Gasteiger partial charge in [-0.2, -0.15) is 0 Å². The van der Waals surface area contributed by atoms with Crippen molar-refractivity contribution >= 4 is 0 Å². The van der Waals surface area contributed by atoms with Crippen molar-refractivity contribution in [2.24, 2.45) is 5.41 Å². The predicted molar refractivity (Wildman–Crippen MR) is 69.9 cm³/mol. The van der Waals surface area contributed by atoms with Crippen LogP contribution >= 0.6 is 0 Å². The first kappa shape index (κ1) is 14.3. The Morgan fingerprint density at radius 3 is 2.65 bits per heavy atom. The molecule has 1 heterocycles. The lowest BCUT2D eigenvalue weighted by Crippen LogP contribution is -2.09. The average Bonchev–Trinajstić information content (AvgIpc) is 2.54. The molecule has 0 aliphatic carbocycles. The maximum atomic E-state index is 5.63. The lowest BCUT2D eigenvalue weighted by molar-refractivity contribution is 0.0839. The van der Waals surface area contributed by atoms with Crippen LogP contribution < -0.4 is 5.32 Å². The minimum Gasteiger partial charge on any atom is -0.464 e. The molecule has 1 aromatic heterocycles. The van der Waals surface area contributed by atoms with E-state index in [1.807, 2.05) is 14.0 Å². The molecule has 17 heavy (non-hydrogen) atoms. The summed E-state index contributed by atoms with van der Waals surface area (Å²) in [6.45, 7) is 10.9. The summed E-state index contributed by atoms with van der Waals surface area (Å²) in [5.74, 6) is 1.90. The molecule has 1 rings (SSSR count). The number of hydrogen-bond donors (Lipinski definition) is 1. The van der Waals surface area contributed by atoms with Gasteiger partial charge in [0.05, 0.1) is 0 Å². The van der Waals surface area contributed by atoms with Gasteiger partial charge in [0.2, 0.25) is 0 Å². The zero-order valence-electron chi connectivity index (χ0n) is 11.7. The Bertz CT molecular complexity index is 336. The van der Waals surface area contributed by atoms with E-state index >= 15 is 0 Å². The summed E-state index contributed by atoms with van der Waals surface area (Å²) < 4.78 is 11.3. The van der Waals surface area contributed by atoms with Crippen LogP contribution in [0.25, 0.3) is 0 Å². The van der Waals surface area contributed by atoms with Gasteiger partial charge in [0.25, 0.3) is 0 Å². The van der Waals surface area contributed by atoms with E-state index in [0.717, 1.165) is 31.1 Å². The highest BCUT2D eigenvalue weighted by Gasteiger charge is 2.10. The smallest absolute Gasteiger partial charge is 0.130 e. The third-order valence-electron chi connectivity index (χ3n) is 2.68. The van der Waals surface area contributed by atoms with Crippen molar-refractivity contribution < 1.29 is 9.15 Å². The summed E-state index contributed by atoms with van der Waals surface area (Å²) in [6.07, 6.45) is 1.07. The maximum Gasteiger partial charge on any atom is 0.130 e. The van der Waals surface area contributed by atoms with Crippen molar-refractivity contribution in [2.75, 3.05) is 13.7 Å². The second-order valence-corrected chi connectivity index (χ2v) is 5.69. The van der Waals surface area contributed by atoms with Gasteiger partial charge in [-0.05, 0) is 31.9 Å². The van der Waals surface area contributed by atoms with E-state index in [2.05, 4.69) is 32.2 Å². The zero-order valence-corrected chi connectivity index (χ0v) is 11.7. The van der Waals surface area contributed by atoms with E-state index in [1.54, 1.807) is 0 Å². The average molecular weight is 239 g/mol. The Hall–Kier alpha value is -0.800. The summed E-state index contributed by atoms with van der Waals surface area (Å²) >= 11 is 0. The largest absolute Gasteiger partial charge is 0.464 e. The van der Waals surface area contributed by atoms with Gasteiger partial charge in [0.15, 0.2) is 0 Å². The van der Waals surface area contributed by atoms with Crippen molar-refractivity contribution in [2.45, 2.75) is 47.3 Å². The molecule has 0 bridgehead atoms. The standard InChI is InChI=1S/C14H25NO2/c1-11-12(9-15-5)8-13(17-11)10-16-7-6-14(2,3)4/h8,15H,6-7,9-10H2,1-5H3. The molecule has 0 amide bonds. The van der Waals surface area contributed by atoms with Crippen LogP contribution in [0.1, 0.15) is 44.3 Å². The zero-order chi connectivity index (χ0) is 12.9. The molecule has 3 nitrogen and oxygen atoms in total. The summed E-state index contributed by atoms with van der Waals surface area (Å²) in [5, 5.41) is 3.12. The van der Waals surface area contributed by atoms with E-state index in [9.17, 15) is 0 Å². The number of hydrogen-bond acceptors (Lipinski definition) is 3. The second-order valence-electron chi connectivity index (χ2n) is 5.69. The van der Waals surface area contributed by atoms with Crippen LogP contribution in [0.5, 0.6) is 0 Å². The molecule has 0 aliphatic rings. The molecule has 0 saturated heterocycles. The normalized spacial score (nSPS) is 12.1. The first-order chi connectivity index (χ1) is 7.92. The van der Waals surface area contributed by atoms with Crippen LogP contribution in [0.15, 0.2) is 10.5 Å². The van der Waals surface area contributed by atoms with Crippen molar-refractivity contribution in [3.63, 3.8) is 0 Å². The third kappa shape index (κ3) is 5.37. The molecule has 0 atom stereocenters. The van der Waals surface area contributed by atoms with Crippen LogP contribution in [0.3, 0.4) is 0 Å². The number of rotatable bonds is 6. The van der Waals surface area contributed by atoms with E-state index in [1.165, 1.54) is 5.56 Å². The van der Waals surface area contributed by atoms with Gasteiger partial charge in [-0.15, -0.1) is 0 Å². The molecular formula is C14H25NO2. The van der Waals surface area contributed by atoms with Gasteiger partial charge in [-0.1, -0.05) is 20.8 Å². The summed E-state index contributed by atoms with van der Waals surface area (Å²) in [6, 6.07) is 2.07. The summed E-state index contributed by atoms with van der Waals surface area (Å²) in [7, 11) is 1.94. The monoisotopic (exact) mass is 239 g/mol. The number of nitrogens with one attached hydrogen (secondary N) is 1. The lowest BCUT2D eigenvalue weighted by atomic mass is 9.93. The highest BCUT2D eigenvalue weighted by Crippen LogP contribution is 2.19. The maximum absolute atomic E-state index is 5.63. The Morgan fingerprint density at radius 1 is 1.35 bits per heavy atom. The molecule has 98 valence electrons. The van der Waals surface area contributed by atoms with Crippen LogP contribution in [0.2, 0.25) is 0 Å². The van der Waals surface area contributed by atoms with Crippen LogP contribution in [-0.2, 0) is 17.9 Å². The van der Waals surface area contributed by atoms with E-state index in [0.29, 0.717) is 12.0 Å². The van der Waals surface area contributed by atoms with Gasteiger partial charge in [0, 0.05) is 18.7 Å². The van der Waals surface area contributed by atoms with Crippen molar-refractivity contribution in [1.29, 1.82) is 0 Å². The Kier molecular flexibility index (Phi) is 5.22. The highest BCUT2D eigenvalue weighted by atomic mass is 16.5. The van der Waals surface area contributed by atoms with Gasteiger partial charge in [0.1, 0.15) is 18.1 Å². The molecule has 1 aromatic rings. The van der Waals surface area contributed by atoms with Gasteiger partial charge >= 0.3 is 0 Å². The van der Waals surface area contributed by atoms with E-state index < -0.39 is 0 Å². The van der Waals surface area contributed by atoms with Crippen molar-refractivity contribution in [1.82, 2.24) is 5.32 Å². The van der Waals surface area contributed by atoms with E-state index in [-0.39, 0.29) is 0 Å². The molecular weight excluding hydrogens is 214 g/mol. The fraction of sp³-hybridized carbons (Fsp3) is 0.714. The topological polar surface area (TPSA) is 34.4 Å². The Morgan fingerprint density at radius 2 is 2.06 bits per heavy atom. The molecule has 1 N–H and O–H groups in total. The third-order valence-corrected chi connectivity index (χ3v) is 2.68. The highest BCUT2D eigenvalue weighted by molar-refractivity contribution is 5.20. The summed E-state index contributed by atoms with van der Waals surface area (Å²) in [5.41, 5.74) is 1.54. The lowest BCUT2D eigenvalue weighted by Gasteiger charge is -2.17. The summed E-state index contributed by atoms with van der Waals surface area (Å²) in [4.78, 5) is 0. The fourth-order valence-corrected chi connectivity index (χ4v) is 1.58. The molecule has 0 aliphatic heterocycles.